The summed E-state index contributed by atoms with van der Waals surface area (Å²) in [6.45, 7) is 3.48. The van der Waals surface area contributed by atoms with Crippen LogP contribution >= 0.6 is 0 Å². The molecule has 0 radical (unpaired) electrons. The Hall–Kier alpha value is -1.10. The van der Waals surface area contributed by atoms with Crippen LogP contribution < -0.4 is 0 Å². The fraction of sp³-hybridized carbons (Fsp3) is 0.750. The summed E-state index contributed by atoms with van der Waals surface area (Å²) in [5.41, 5.74) is 0. The van der Waals surface area contributed by atoms with Crippen molar-refractivity contribution >= 4 is 11.9 Å². The van der Waals surface area contributed by atoms with Crippen LogP contribution in [-0.2, 0) is 19.1 Å². The van der Waals surface area contributed by atoms with Gasteiger partial charge < -0.3 is 14.6 Å². The van der Waals surface area contributed by atoms with E-state index in [0.717, 1.165) is 0 Å². The predicted octanol–water partition coefficient (Wildman–Crippen LogP) is 0.0376. The lowest BCUT2D eigenvalue weighted by atomic mass is 10.1. The molecule has 5 heteroatoms. The van der Waals surface area contributed by atoms with Gasteiger partial charge in [0.15, 0.2) is 6.10 Å². The van der Waals surface area contributed by atoms with E-state index in [4.69, 9.17) is 9.84 Å². The monoisotopic (exact) mass is 188 g/mol. The molecule has 74 valence electrons. The van der Waals surface area contributed by atoms with Crippen LogP contribution in [0, 0.1) is 5.92 Å². The van der Waals surface area contributed by atoms with Gasteiger partial charge in [-0.2, -0.15) is 0 Å². The highest BCUT2D eigenvalue weighted by molar-refractivity contribution is 5.80. The van der Waals surface area contributed by atoms with Crippen molar-refractivity contribution in [2.45, 2.75) is 26.1 Å². The molecule has 0 aliphatic carbocycles. The maximum Gasteiger partial charge on any atom is 0.338 e. The summed E-state index contributed by atoms with van der Waals surface area (Å²) >= 11 is 0. The number of epoxide rings is 1. The van der Waals surface area contributed by atoms with Gasteiger partial charge in [-0.15, -0.1) is 0 Å². The molecule has 1 saturated heterocycles. The van der Waals surface area contributed by atoms with E-state index in [9.17, 15) is 9.59 Å². The molecule has 1 heterocycles. The lowest BCUT2D eigenvalue weighted by Gasteiger charge is -2.00. The van der Waals surface area contributed by atoms with E-state index in [0.29, 0.717) is 0 Å². The van der Waals surface area contributed by atoms with Crippen LogP contribution in [0.1, 0.15) is 13.8 Å². The molecule has 1 rings (SSSR count). The molecule has 0 spiro atoms. The molecular weight excluding hydrogens is 176 g/mol. The van der Waals surface area contributed by atoms with Crippen molar-refractivity contribution in [2.75, 3.05) is 6.61 Å². The molecule has 5 nitrogen and oxygen atoms in total. The second-order valence-corrected chi connectivity index (χ2v) is 2.90. The molecule has 0 bridgehead atoms. The quantitative estimate of drug-likeness (QED) is 0.497. The largest absolute Gasteiger partial charge is 0.481 e. The van der Waals surface area contributed by atoms with Gasteiger partial charge in [0.1, 0.15) is 6.10 Å². The Balaban J connectivity index is 2.37. The first kappa shape index (κ1) is 9.98. The van der Waals surface area contributed by atoms with Crippen LogP contribution in [0.4, 0.5) is 0 Å². The summed E-state index contributed by atoms with van der Waals surface area (Å²) in [5.74, 6) is -2.09. The summed E-state index contributed by atoms with van der Waals surface area (Å²) in [7, 11) is 0. The number of carboxylic acid groups (broad SMARTS) is 1. The molecule has 3 unspecified atom stereocenters. The maximum atomic E-state index is 11.0. The minimum atomic E-state index is -0.961. The average Bonchev–Trinajstić information content (AvgIpc) is 2.82. The Morgan fingerprint density at radius 1 is 1.62 bits per heavy atom. The molecule has 1 aliphatic rings. The fourth-order valence-corrected chi connectivity index (χ4v) is 1.06. The first-order valence-corrected chi connectivity index (χ1v) is 4.12. The van der Waals surface area contributed by atoms with Gasteiger partial charge in [0.2, 0.25) is 0 Å². The summed E-state index contributed by atoms with van der Waals surface area (Å²) in [6, 6.07) is 0. The molecule has 3 atom stereocenters. The number of carbonyl (C=O) groups excluding carboxylic acids is 1. The normalized spacial score (nSPS) is 27.8. The zero-order valence-corrected chi connectivity index (χ0v) is 7.52. The average molecular weight is 188 g/mol. The summed E-state index contributed by atoms with van der Waals surface area (Å²) in [6.07, 6.45) is -1.19. The van der Waals surface area contributed by atoms with Crippen LogP contribution in [0.2, 0.25) is 0 Å². The third-order valence-electron chi connectivity index (χ3n) is 1.93. The molecule has 1 N–H and O–H groups in total. The third-order valence-corrected chi connectivity index (χ3v) is 1.93. The molecule has 13 heavy (non-hydrogen) atoms. The van der Waals surface area contributed by atoms with Gasteiger partial charge >= 0.3 is 11.9 Å². The van der Waals surface area contributed by atoms with Crippen LogP contribution in [-0.4, -0.2) is 35.9 Å². The zero-order chi connectivity index (χ0) is 10.0. The number of hydrogen-bond donors (Lipinski definition) is 1. The molecule has 0 aromatic rings. The van der Waals surface area contributed by atoms with Crippen molar-refractivity contribution in [1.82, 2.24) is 0 Å². The number of ether oxygens (including phenoxy) is 2. The van der Waals surface area contributed by atoms with Gasteiger partial charge in [-0.1, -0.05) is 0 Å². The standard InChI is InChI=1S/C8H12O5/c1-3-12-8(11)6-5(13-6)4(2)7(9)10/h4-6H,3H2,1-2H3,(H,9,10). The van der Waals surface area contributed by atoms with E-state index in [1.807, 2.05) is 0 Å². The molecule has 0 aromatic heterocycles. The number of hydrogen-bond acceptors (Lipinski definition) is 4. The SMILES string of the molecule is CCOC(=O)C1OC1C(C)C(=O)O. The van der Waals surface area contributed by atoms with Gasteiger partial charge in [0.05, 0.1) is 12.5 Å². The lowest BCUT2D eigenvalue weighted by molar-refractivity contribution is -0.144. The van der Waals surface area contributed by atoms with E-state index >= 15 is 0 Å². The second-order valence-electron chi connectivity index (χ2n) is 2.90. The van der Waals surface area contributed by atoms with Crippen LogP contribution in [0.25, 0.3) is 0 Å². The Morgan fingerprint density at radius 3 is 2.69 bits per heavy atom. The summed E-state index contributed by atoms with van der Waals surface area (Å²) < 4.78 is 9.57. The molecule has 0 saturated carbocycles. The maximum absolute atomic E-state index is 11.0. The van der Waals surface area contributed by atoms with Gasteiger partial charge in [-0.05, 0) is 13.8 Å². The van der Waals surface area contributed by atoms with E-state index < -0.39 is 30.1 Å². The fourth-order valence-electron chi connectivity index (χ4n) is 1.06. The van der Waals surface area contributed by atoms with E-state index in [2.05, 4.69) is 4.74 Å². The number of esters is 1. The second kappa shape index (κ2) is 3.74. The number of carboxylic acids is 1. The molecule has 1 fully saturated rings. The molecule has 1 aliphatic heterocycles. The summed E-state index contributed by atoms with van der Waals surface area (Å²) in [4.78, 5) is 21.5. The van der Waals surface area contributed by atoms with Crippen molar-refractivity contribution in [1.29, 1.82) is 0 Å². The molecular formula is C8H12O5. The highest BCUT2D eigenvalue weighted by atomic mass is 16.6. The Kier molecular flexibility index (Phi) is 2.87. The van der Waals surface area contributed by atoms with E-state index in [1.165, 1.54) is 6.92 Å². The predicted molar refractivity (Wildman–Crippen MR) is 42.1 cm³/mol. The first-order valence-electron chi connectivity index (χ1n) is 4.12. The van der Waals surface area contributed by atoms with Crippen molar-refractivity contribution < 1.29 is 24.2 Å². The molecule has 0 amide bonds. The van der Waals surface area contributed by atoms with Crippen molar-refractivity contribution in [2.24, 2.45) is 5.92 Å². The first-order chi connectivity index (χ1) is 6.07. The van der Waals surface area contributed by atoms with Crippen LogP contribution in [0.5, 0.6) is 0 Å². The highest BCUT2D eigenvalue weighted by Crippen LogP contribution is 2.30. The minimum absolute atomic E-state index is 0.285. The van der Waals surface area contributed by atoms with Crippen molar-refractivity contribution in [3.8, 4) is 0 Å². The Morgan fingerprint density at radius 2 is 2.23 bits per heavy atom. The number of carbonyl (C=O) groups is 2. The van der Waals surface area contributed by atoms with Crippen molar-refractivity contribution in [3.05, 3.63) is 0 Å². The van der Waals surface area contributed by atoms with Gasteiger partial charge in [-0.3, -0.25) is 4.79 Å². The smallest absolute Gasteiger partial charge is 0.338 e. The van der Waals surface area contributed by atoms with E-state index in [-0.39, 0.29) is 6.61 Å². The third kappa shape index (κ3) is 2.18. The van der Waals surface area contributed by atoms with Gasteiger partial charge in [-0.25, -0.2) is 4.79 Å². The molecule has 0 aromatic carbocycles. The Bertz CT molecular complexity index is 225. The number of aliphatic carboxylic acids is 1. The highest BCUT2D eigenvalue weighted by Gasteiger charge is 2.51. The van der Waals surface area contributed by atoms with Crippen molar-refractivity contribution in [3.63, 3.8) is 0 Å². The van der Waals surface area contributed by atoms with Crippen LogP contribution in [0.3, 0.4) is 0 Å². The summed E-state index contributed by atoms with van der Waals surface area (Å²) in [5, 5.41) is 8.59. The zero-order valence-electron chi connectivity index (χ0n) is 7.52. The van der Waals surface area contributed by atoms with Gasteiger partial charge in [0, 0.05) is 0 Å². The van der Waals surface area contributed by atoms with Crippen LogP contribution in [0.15, 0.2) is 0 Å². The topological polar surface area (TPSA) is 76.1 Å². The minimum Gasteiger partial charge on any atom is -0.481 e. The van der Waals surface area contributed by atoms with E-state index in [1.54, 1.807) is 6.92 Å². The lowest BCUT2D eigenvalue weighted by Crippen LogP contribution is -2.22. The number of rotatable bonds is 4. The van der Waals surface area contributed by atoms with Gasteiger partial charge in [0.25, 0.3) is 0 Å². The Labute approximate surface area is 75.6 Å².